The molecule has 0 saturated heterocycles. The first-order valence-corrected chi connectivity index (χ1v) is 3.67. The van der Waals surface area contributed by atoms with Crippen LogP contribution in [0.4, 0.5) is 4.79 Å². The number of hydrogen-bond donors (Lipinski definition) is 3. The summed E-state index contributed by atoms with van der Waals surface area (Å²) in [4.78, 5) is 25.8. The first kappa shape index (κ1) is 10.7. The molecule has 12 heavy (non-hydrogen) atoms. The summed E-state index contributed by atoms with van der Waals surface area (Å²) in [6.45, 7) is 3.78. The number of hydroxylamine groups is 1. The van der Waals surface area contributed by atoms with Gasteiger partial charge in [0.05, 0.1) is 6.61 Å². The predicted molar refractivity (Wildman–Crippen MR) is 41.7 cm³/mol. The van der Waals surface area contributed by atoms with E-state index >= 15 is 0 Å². The van der Waals surface area contributed by atoms with Gasteiger partial charge >= 0.3 is 6.03 Å². The van der Waals surface area contributed by atoms with Gasteiger partial charge in [-0.15, -0.1) is 0 Å². The van der Waals surface area contributed by atoms with Gasteiger partial charge in [0, 0.05) is 6.42 Å². The van der Waals surface area contributed by atoms with Gasteiger partial charge in [-0.2, -0.15) is 0 Å². The molecule has 0 unspecified atom stereocenters. The SMILES string of the molecule is CCONC(=O)NNC(=O)CC. The van der Waals surface area contributed by atoms with Gasteiger partial charge in [-0.1, -0.05) is 6.92 Å². The van der Waals surface area contributed by atoms with Crippen molar-refractivity contribution in [2.24, 2.45) is 0 Å². The van der Waals surface area contributed by atoms with E-state index in [0.717, 1.165) is 0 Å². The molecule has 3 amide bonds. The third-order valence-corrected chi connectivity index (χ3v) is 0.946. The Kier molecular flexibility index (Phi) is 5.72. The summed E-state index contributed by atoms with van der Waals surface area (Å²) in [5.74, 6) is -0.262. The maximum Gasteiger partial charge on any atom is 0.357 e. The minimum absolute atomic E-state index is 0.262. The van der Waals surface area contributed by atoms with Crippen molar-refractivity contribution in [3.63, 3.8) is 0 Å². The van der Waals surface area contributed by atoms with E-state index in [1.54, 1.807) is 13.8 Å². The molecule has 0 heterocycles. The lowest BCUT2D eigenvalue weighted by molar-refractivity contribution is -0.121. The van der Waals surface area contributed by atoms with E-state index < -0.39 is 6.03 Å². The maximum atomic E-state index is 10.7. The highest BCUT2D eigenvalue weighted by molar-refractivity contribution is 5.80. The quantitative estimate of drug-likeness (QED) is 0.514. The monoisotopic (exact) mass is 175 g/mol. The predicted octanol–water partition coefficient (Wildman–Crippen LogP) is -0.322. The molecule has 6 heteroatoms. The summed E-state index contributed by atoms with van der Waals surface area (Å²) < 4.78 is 0. The Morgan fingerprint density at radius 3 is 2.42 bits per heavy atom. The summed E-state index contributed by atoms with van der Waals surface area (Å²) >= 11 is 0. The van der Waals surface area contributed by atoms with Crippen molar-refractivity contribution in [2.75, 3.05) is 6.61 Å². The molecule has 0 aromatic carbocycles. The van der Waals surface area contributed by atoms with E-state index in [4.69, 9.17) is 0 Å². The van der Waals surface area contributed by atoms with Crippen LogP contribution >= 0.6 is 0 Å². The molecule has 0 bridgehead atoms. The molecule has 3 N–H and O–H groups in total. The Labute approximate surface area is 70.6 Å². The molecule has 0 aromatic rings. The normalized spacial score (nSPS) is 8.83. The molecule has 0 saturated carbocycles. The lowest BCUT2D eigenvalue weighted by atomic mass is 10.5. The fraction of sp³-hybridized carbons (Fsp3) is 0.667. The van der Waals surface area contributed by atoms with Crippen LogP contribution in [0.2, 0.25) is 0 Å². The van der Waals surface area contributed by atoms with E-state index in [-0.39, 0.29) is 5.91 Å². The third kappa shape index (κ3) is 5.48. The molecule has 0 rings (SSSR count). The Morgan fingerprint density at radius 2 is 1.92 bits per heavy atom. The van der Waals surface area contributed by atoms with Crippen molar-refractivity contribution in [3.8, 4) is 0 Å². The van der Waals surface area contributed by atoms with Gasteiger partial charge in [-0.25, -0.2) is 15.7 Å². The molecule has 0 aromatic heterocycles. The molecule has 0 aliphatic heterocycles. The van der Waals surface area contributed by atoms with Crippen molar-refractivity contribution >= 4 is 11.9 Å². The van der Waals surface area contributed by atoms with Gasteiger partial charge in [-0.05, 0) is 6.92 Å². The molecule has 0 aliphatic carbocycles. The number of carbonyl (C=O) groups excluding carboxylic acids is 2. The molecule has 6 nitrogen and oxygen atoms in total. The molecule has 0 atom stereocenters. The molecular formula is C6H13N3O3. The third-order valence-electron chi connectivity index (χ3n) is 0.946. The number of hydrogen-bond acceptors (Lipinski definition) is 3. The zero-order valence-electron chi connectivity index (χ0n) is 7.14. The van der Waals surface area contributed by atoms with Crippen LogP contribution in [-0.2, 0) is 9.63 Å². The summed E-state index contributed by atoms with van der Waals surface area (Å²) in [5, 5.41) is 0. The zero-order valence-corrected chi connectivity index (χ0v) is 7.14. The molecule has 0 aliphatic rings. The largest absolute Gasteiger partial charge is 0.357 e. The summed E-state index contributed by atoms with van der Waals surface area (Å²) in [6, 6.07) is -0.598. The second kappa shape index (κ2) is 6.41. The Balaban J connectivity index is 3.37. The van der Waals surface area contributed by atoms with Crippen LogP contribution in [0.1, 0.15) is 20.3 Å². The average molecular weight is 175 g/mol. The minimum Gasteiger partial charge on any atom is -0.273 e. The molecule has 0 fully saturated rings. The first-order chi connectivity index (χ1) is 5.70. The van der Waals surface area contributed by atoms with Gasteiger partial charge in [0.25, 0.3) is 0 Å². The van der Waals surface area contributed by atoms with Crippen LogP contribution in [-0.4, -0.2) is 18.5 Å². The Hall–Kier alpha value is -1.30. The highest BCUT2D eigenvalue weighted by Crippen LogP contribution is 1.71. The lowest BCUT2D eigenvalue weighted by Crippen LogP contribution is -2.46. The smallest absolute Gasteiger partial charge is 0.273 e. The van der Waals surface area contributed by atoms with Crippen molar-refractivity contribution in [1.82, 2.24) is 16.3 Å². The van der Waals surface area contributed by atoms with Gasteiger partial charge < -0.3 is 0 Å². The van der Waals surface area contributed by atoms with Crippen LogP contribution < -0.4 is 16.3 Å². The van der Waals surface area contributed by atoms with Gasteiger partial charge in [0.2, 0.25) is 5.91 Å². The number of urea groups is 1. The second-order valence-electron chi connectivity index (χ2n) is 1.89. The summed E-state index contributed by atoms with van der Waals surface area (Å²) in [5.41, 5.74) is 6.30. The van der Waals surface area contributed by atoms with Gasteiger partial charge in [0.15, 0.2) is 0 Å². The molecule has 70 valence electrons. The number of rotatable bonds is 3. The zero-order chi connectivity index (χ0) is 9.40. The highest BCUT2D eigenvalue weighted by Gasteiger charge is 1.99. The fourth-order valence-electron chi connectivity index (χ4n) is 0.378. The number of carbonyl (C=O) groups is 2. The standard InChI is InChI=1S/C6H13N3O3/c1-3-5(10)7-8-6(11)9-12-4-2/h3-4H2,1-2H3,(H,7,10)(H2,8,9,11). The van der Waals surface area contributed by atoms with E-state index in [2.05, 4.69) is 15.7 Å². The van der Waals surface area contributed by atoms with Crippen molar-refractivity contribution in [3.05, 3.63) is 0 Å². The van der Waals surface area contributed by atoms with Crippen LogP contribution in [0.15, 0.2) is 0 Å². The lowest BCUT2D eigenvalue weighted by Gasteiger charge is -2.06. The van der Waals surface area contributed by atoms with E-state index in [1.807, 2.05) is 5.48 Å². The van der Waals surface area contributed by atoms with Crippen molar-refractivity contribution in [1.29, 1.82) is 0 Å². The van der Waals surface area contributed by atoms with Gasteiger partial charge in [0.1, 0.15) is 0 Å². The number of nitrogens with one attached hydrogen (secondary N) is 3. The Bertz CT molecular complexity index is 160. The average Bonchev–Trinajstić information content (AvgIpc) is 2.10. The first-order valence-electron chi connectivity index (χ1n) is 3.67. The Morgan fingerprint density at radius 1 is 1.25 bits per heavy atom. The fourth-order valence-corrected chi connectivity index (χ4v) is 0.378. The van der Waals surface area contributed by atoms with Crippen molar-refractivity contribution < 1.29 is 14.4 Å². The highest BCUT2D eigenvalue weighted by atomic mass is 16.7. The van der Waals surface area contributed by atoms with E-state index in [1.165, 1.54) is 0 Å². The molecular weight excluding hydrogens is 162 g/mol. The molecule has 0 spiro atoms. The van der Waals surface area contributed by atoms with E-state index in [9.17, 15) is 9.59 Å². The topological polar surface area (TPSA) is 79.5 Å². The number of amides is 3. The second-order valence-corrected chi connectivity index (χ2v) is 1.89. The summed E-state index contributed by atoms with van der Waals surface area (Å²) in [7, 11) is 0. The maximum absolute atomic E-state index is 10.7. The van der Waals surface area contributed by atoms with Gasteiger partial charge in [-0.3, -0.25) is 15.1 Å². The van der Waals surface area contributed by atoms with Crippen LogP contribution in [0, 0.1) is 0 Å². The van der Waals surface area contributed by atoms with Crippen LogP contribution in [0.3, 0.4) is 0 Å². The molecule has 0 radical (unpaired) electrons. The van der Waals surface area contributed by atoms with E-state index in [0.29, 0.717) is 13.0 Å². The van der Waals surface area contributed by atoms with Crippen LogP contribution in [0.5, 0.6) is 0 Å². The number of hydrazine groups is 1. The van der Waals surface area contributed by atoms with Crippen LogP contribution in [0.25, 0.3) is 0 Å². The summed E-state index contributed by atoms with van der Waals surface area (Å²) in [6.07, 6.45) is 0.314. The van der Waals surface area contributed by atoms with Crippen molar-refractivity contribution in [2.45, 2.75) is 20.3 Å². The minimum atomic E-state index is -0.598.